The molecule has 1 N–H and O–H groups in total. The van der Waals surface area contributed by atoms with Gasteiger partial charge < -0.3 is 19.7 Å². The molecule has 2 bridgehead atoms. The molecule has 3 rings (SSSR count). The van der Waals surface area contributed by atoms with Crippen LogP contribution in [0.2, 0.25) is 0 Å². The van der Waals surface area contributed by atoms with Crippen molar-refractivity contribution in [3.8, 4) is 0 Å². The number of piperidine rings is 1. The molecule has 6 nitrogen and oxygen atoms in total. The predicted molar refractivity (Wildman–Crippen MR) is 84.6 cm³/mol. The third-order valence-electron chi connectivity index (χ3n) is 5.71. The van der Waals surface area contributed by atoms with Crippen LogP contribution < -0.4 is 5.32 Å². The molecule has 2 saturated heterocycles. The zero-order valence-electron chi connectivity index (χ0n) is 14.4. The van der Waals surface area contributed by atoms with Gasteiger partial charge in [0.1, 0.15) is 11.8 Å². The maximum Gasteiger partial charge on any atom is 0.269 e. The number of likely N-dealkylation sites (tertiary alicyclic amines) is 1. The Morgan fingerprint density at radius 2 is 2.09 bits per heavy atom. The van der Waals surface area contributed by atoms with Crippen molar-refractivity contribution in [2.45, 2.75) is 69.8 Å². The molecule has 3 atom stereocenters. The number of fused-ring (bicyclic) bond motifs is 2. The minimum Gasteiger partial charge on any atom is -0.374 e. The number of nitrogens with one attached hydrogen (secondary N) is 1. The summed E-state index contributed by atoms with van der Waals surface area (Å²) in [5.74, 6) is -0.109. The lowest BCUT2D eigenvalue weighted by Gasteiger charge is -2.35. The van der Waals surface area contributed by atoms with Gasteiger partial charge in [-0.3, -0.25) is 9.59 Å². The maximum atomic E-state index is 12.9. The number of carbonyl (C=O) groups excluding carboxylic acids is 2. The Morgan fingerprint density at radius 1 is 1.39 bits per heavy atom. The molecule has 1 saturated carbocycles. The zero-order chi connectivity index (χ0) is 16.7. The highest BCUT2D eigenvalue weighted by atomic mass is 16.6. The van der Waals surface area contributed by atoms with Crippen LogP contribution in [0.5, 0.6) is 0 Å². The van der Waals surface area contributed by atoms with Crippen molar-refractivity contribution < 1.29 is 19.1 Å². The number of ether oxygens (including phenoxy) is 2. The minimum absolute atomic E-state index is 0.286. The fourth-order valence-electron chi connectivity index (χ4n) is 4.22. The minimum atomic E-state index is -1.51. The number of hydrogen-bond donors (Lipinski definition) is 1. The van der Waals surface area contributed by atoms with Crippen LogP contribution in [0.3, 0.4) is 0 Å². The highest BCUT2D eigenvalue weighted by Crippen LogP contribution is 2.49. The SMILES string of the molecule is CCO[C@@H]1C[C@@]2(C)O[C@]1(C(=O)NCC1CCCCC1)C(=O)N2C. The first-order valence-corrected chi connectivity index (χ1v) is 8.82. The smallest absolute Gasteiger partial charge is 0.269 e. The van der Waals surface area contributed by atoms with E-state index in [0.717, 1.165) is 12.8 Å². The van der Waals surface area contributed by atoms with Crippen molar-refractivity contribution in [1.29, 1.82) is 0 Å². The molecule has 0 aromatic heterocycles. The predicted octanol–water partition coefficient (Wildman–Crippen LogP) is 1.44. The molecule has 6 heteroatoms. The lowest BCUT2D eigenvalue weighted by molar-refractivity contribution is -0.161. The van der Waals surface area contributed by atoms with Crippen molar-refractivity contribution in [2.24, 2.45) is 5.92 Å². The van der Waals surface area contributed by atoms with Gasteiger partial charge in [-0.05, 0) is 32.6 Å². The second-order valence-electron chi connectivity index (χ2n) is 7.24. The first-order chi connectivity index (χ1) is 10.9. The van der Waals surface area contributed by atoms with E-state index in [1.165, 1.54) is 19.3 Å². The van der Waals surface area contributed by atoms with Crippen LogP contribution in [0.1, 0.15) is 52.4 Å². The number of likely N-dealkylation sites (N-methyl/N-ethyl adjacent to an activating group) is 1. The van der Waals surface area contributed by atoms with E-state index < -0.39 is 17.4 Å². The Balaban J connectivity index is 1.74. The summed E-state index contributed by atoms with van der Waals surface area (Å²) in [5.41, 5.74) is -2.26. The van der Waals surface area contributed by atoms with Gasteiger partial charge in [-0.2, -0.15) is 0 Å². The number of rotatable bonds is 5. The molecule has 23 heavy (non-hydrogen) atoms. The summed E-state index contributed by atoms with van der Waals surface area (Å²) in [5, 5.41) is 2.98. The maximum absolute atomic E-state index is 12.9. The first kappa shape index (κ1) is 16.7. The van der Waals surface area contributed by atoms with Gasteiger partial charge in [-0.15, -0.1) is 0 Å². The normalized spacial score (nSPS) is 37.4. The standard InChI is InChI=1S/C17H28N2O4/c1-4-22-13-10-16(2)19(3)15(21)17(13,23-16)14(20)18-11-12-8-6-5-7-9-12/h12-13H,4-11H2,1-3H3,(H,18,20)/t13-,16-,17-/m1/s1. The Kier molecular flexibility index (Phi) is 4.40. The van der Waals surface area contributed by atoms with Crippen molar-refractivity contribution in [3.05, 3.63) is 0 Å². The van der Waals surface area contributed by atoms with E-state index >= 15 is 0 Å². The summed E-state index contributed by atoms with van der Waals surface area (Å²) < 4.78 is 11.7. The van der Waals surface area contributed by atoms with E-state index in [2.05, 4.69) is 5.32 Å². The summed E-state index contributed by atoms with van der Waals surface area (Å²) in [7, 11) is 1.70. The first-order valence-electron chi connectivity index (χ1n) is 8.82. The summed E-state index contributed by atoms with van der Waals surface area (Å²) >= 11 is 0. The molecule has 2 amide bonds. The van der Waals surface area contributed by atoms with Crippen LogP contribution in [-0.2, 0) is 19.1 Å². The van der Waals surface area contributed by atoms with Crippen molar-refractivity contribution in [3.63, 3.8) is 0 Å². The van der Waals surface area contributed by atoms with E-state index in [4.69, 9.17) is 9.47 Å². The molecular formula is C17H28N2O4. The van der Waals surface area contributed by atoms with E-state index in [1.807, 2.05) is 13.8 Å². The quantitative estimate of drug-likeness (QED) is 0.777. The lowest BCUT2D eigenvalue weighted by Crippen LogP contribution is -2.62. The second kappa shape index (κ2) is 6.06. The summed E-state index contributed by atoms with van der Waals surface area (Å²) in [4.78, 5) is 27.2. The summed E-state index contributed by atoms with van der Waals surface area (Å²) in [6.45, 7) is 4.80. The Hall–Kier alpha value is -1.14. The van der Waals surface area contributed by atoms with Gasteiger partial charge in [0.2, 0.25) is 0 Å². The lowest BCUT2D eigenvalue weighted by atomic mass is 9.87. The van der Waals surface area contributed by atoms with Gasteiger partial charge in [-0.25, -0.2) is 0 Å². The highest BCUT2D eigenvalue weighted by Gasteiger charge is 2.72. The molecule has 1 aliphatic carbocycles. The zero-order valence-corrected chi connectivity index (χ0v) is 14.4. The van der Waals surface area contributed by atoms with Crippen LogP contribution in [0.4, 0.5) is 0 Å². The molecule has 0 aromatic rings. The van der Waals surface area contributed by atoms with Gasteiger partial charge in [0.05, 0.1) is 0 Å². The average Bonchev–Trinajstić information content (AvgIpc) is 2.96. The number of amides is 2. The molecule has 2 heterocycles. The van der Waals surface area contributed by atoms with Crippen LogP contribution in [0.25, 0.3) is 0 Å². The van der Waals surface area contributed by atoms with E-state index in [9.17, 15) is 9.59 Å². The Morgan fingerprint density at radius 3 is 2.70 bits per heavy atom. The molecule has 3 fully saturated rings. The van der Waals surface area contributed by atoms with Gasteiger partial charge in [-0.1, -0.05) is 19.3 Å². The van der Waals surface area contributed by atoms with E-state index in [-0.39, 0.29) is 11.8 Å². The highest BCUT2D eigenvalue weighted by molar-refractivity contribution is 6.11. The van der Waals surface area contributed by atoms with Gasteiger partial charge in [0.15, 0.2) is 0 Å². The van der Waals surface area contributed by atoms with E-state index in [0.29, 0.717) is 25.5 Å². The van der Waals surface area contributed by atoms with Crippen LogP contribution >= 0.6 is 0 Å². The molecule has 3 aliphatic rings. The van der Waals surface area contributed by atoms with Gasteiger partial charge in [0, 0.05) is 26.6 Å². The molecular weight excluding hydrogens is 296 g/mol. The van der Waals surface area contributed by atoms with Gasteiger partial charge in [0.25, 0.3) is 17.4 Å². The average molecular weight is 324 g/mol. The summed E-state index contributed by atoms with van der Waals surface area (Å²) in [6.07, 6.45) is 6.05. The van der Waals surface area contributed by atoms with Crippen LogP contribution in [-0.4, -0.2) is 54.3 Å². The van der Waals surface area contributed by atoms with E-state index in [1.54, 1.807) is 11.9 Å². The molecule has 0 aromatic carbocycles. The number of carbonyl (C=O) groups is 2. The Bertz CT molecular complexity index is 491. The molecule has 0 spiro atoms. The third-order valence-corrected chi connectivity index (χ3v) is 5.71. The largest absolute Gasteiger partial charge is 0.374 e. The van der Waals surface area contributed by atoms with Crippen molar-refractivity contribution in [1.82, 2.24) is 10.2 Å². The van der Waals surface area contributed by atoms with Gasteiger partial charge >= 0.3 is 0 Å². The fourth-order valence-corrected chi connectivity index (χ4v) is 4.22. The molecule has 0 radical (unpaired) electrons. The number of hydrogen-bond acceptors (Lipinski definition) is 4. The van der Waals surface area contributed by atoms with Crippen LogP contribution in [0, 0.1) is 5.92 Å². The van der Waals surface area contributed by atoms with Crippen LogP contribution in [0.15, 0.2) is 0 Å². The van der Waals surface area contributed by atoms with Crippen molar-refractivity contribution in [2.75, 3.05) is 20.2 Å². The summed E-state index contributed by atoms with van der Waals surface area (Å²) in [6, 6.07) is 0. The molecule has 130 valence electrons. The fraction of sp³-hybridized carbons (Fsp3) is 0.882. The van der Waals surface area contributed by atoms with Crippen molar-refractivity contribution >= 4 is 11.8 Å². The monoisotopic (exact) mass is 324 g/mol. The Labute approximate surface area is 137 Å². The third kappa shape index (κ3) is 2.56. The molecule has 0 unspecified atom stereocenters. The second-order valence-corrected chi connectivity index (χ2v) is 7.24. The topological polar surface area (TPSA) is 67.9 Å². The number of nitrogens with zero attached hydrogens (tertiary/aromatic N) is 1. The molecule has 2 aliphatic heterocycles.